The largest absolute Gasteiger partial charge is 0.416 e. The normalized spacial score (nSPS) is 34.6. The molecule has 5 heteroatoms. The van der Waals surface area contributed by atoms with Gasteiger partial charge in [0.2, 0.25) is 0 Å². The third-order valence-corrected chi connectivity index (χ3v) is 10.3. The molecule has 2 rings (SSSR count). The van der Waals surface area contributed by atoms with Gasteiger partial charge in [0.05, 0.1) is 11.4 Å². The molecule has 0 aromatic rings. The van der Waals surface area contributed by atoms with Crippen molar-refractivity contribution in [1.29, 1.82) is 0 Å². The molecule has 2 heterocycles. The standard InChI is InChI=1S/C14H28O3SSi/c1-13(2,3)19(6,7)15-8-11-12-10(9-18-11)16-14(4,5)17-12/h10-12H,8-9H2,1-7H3/t10?,11-,12+/m1/s1. The first kappa shape index (κ1) is 15.8. The van der Waals surface area contributed by atoms with Gasteiger partial charge in [0.1, 0.15) is 6.10 Å². The molecule has 3 nitrogen and oxygen atoms in total. The van der Waals surface area contributed by atoms with Crippen molar-refractivity contribution in [3.63, 3.8) is 0 Å². The van der Waals surface area contributed by atoms with Crippen molar-refractivity contribution in [3.05, 3.63) is 0 Å². The lowest BCUT2D eigenvalue weighted by Crippen LogP contribution is -2.43. The molecule has 0 bridgehead atoms. The number of rotatable bonds is 3. The number of ether oxygens (including phenoxy) is 2. The molecule has 0 aliphatic carbocycles. The van der Waals surface area contributed by atoms with Crippen molar-refractivity contribution in [2.75, 3.05) is 12.4 Å². The highest BCUT2D eigenvalue weighted by Gasteiger charge is 2.50. The van der Waals surface area contributed by atoms with Crippen LogP contribution in [0.1, 0.15) is 34.6 Å². The van der Waals surface area contributed by atoms with E-state index in [-0.39, 0.29) is 17.2 Å². The Morgan fingerprint density at radius 1 is 1.26 bits per heavy atom. The van der Waals surface area contributed by atoms with E-state index in [9.17, 15) is 0 Å². The molecular weight excluding hydrogens is 276 g/mol. The van der Waals surface area contributed by atoms with Gasteiger partial charge in [-0.3, -0.25) is 0 Å². The number of hydrogen-bond acceptors (Lipinski definition) is 4. The smallest absolute Gasteiger partial charge is 0.192 e. The van der Waals surface area contributed by atoms with Gasteiger partial charge >= 0.3 is 0 Å². The summed E-state index contributed by atoms with van der Waals surface area (Å²) < 4.78 is 18.3. The maximum Gasteiger partial charge on any atom is 0.192 e. The molecule has 112 valence electrons. The molecule has 0 spiro atoms. The first-order valence-corrected chi connectivity index (χ1v) is 11.1. The van der Waals surface area contributed by atoms with Crippen LogP contribution in [-0.4, -0.2) is 43.9 Å². The van der Waals surface area contributed by atoms with E-state index in [4.69, 9.17) is 13.9 Å². The maximum atomic E-state index is 6.34. The highest BCUT2D eigenvalue weighted by atomic mass is 32.2. The number of hydrogen-bond donors (Lipinski definition) is 0. The lowest BCUT2D eigenvalue weighted by atomic mass is 10.2. The lowest BCUT2D eigenvalue weighted by Gasteiger charge is -2.37. The average Bonchev–Trinajstić information content (AvgIpc) is 2.68. The summed E-state index contributed by atoms with van der Waals surface area (Å²) in [6.07, 6.45) is 0.442. The zero-order chi connectivity index (χ0) is 14.5. The zero-order valence-electron chi connectivity index (χ0n) is 13.3. The van der Waals surface area contributed by atoms with Crippen molar-refractivity contribution >= 4 is 20.1 Å². The monoisotopic (exact) mass is 304 g/mol. The molecule has 0 amide bonds. The Bertz CT molecular complexity index is 338. The van der Waals surface area contributed by atoms with E-state index >= 15 is 0 Å². The fourth-order valence-corrected chi connectivity index (χ4v) is 4.70. The SMILES string of the molecule is CC1(C)OC2CS[C@H](CO[Si](C)(C)C(C)(C)C)[C@H]2O1. The molecule has 2 aliphatic rings. The molecule has 0 aromatic heterocycles. The minimum absolute atomic E-state index is 0.199. The third-order valence-electron chi connectivity index (χ3n) is 4.48. The highest BCUT2D eigenvalue weighted by Crippen LogP contribution is 2.43. The van der Waals surface area contributed by atoms with Crippen LogP contribution in [0.15, 0.2) is 0 Å². The Morgan fingerprint density at radius 2 is 1.89 bits per heavy atom. The molecular formula is C14H28O3SSi. The van der Waals surface area contributed by atoms with Crippen molar-refractivity contribution in [2.24, 2.45) is 0 Å². The Labute approximate surface area is 122 Å². The van der Waals surface area contributed by atoms with Crippen molar-refractivity contribution < 1.29 is 13.9 Å². The summed E-state index contributed by atoms with van der Waals surface area (Å²) in [6.45, 7) is 16.2. The molecule has 0 saturated carbocycles. The van der Waals surface area contributed by atoms with Crippen LogP contribution < -0.4 is 0 Å². The number of fused-ring (bicyclic) bond motifs is 1. The van der Waals surface area contributed by atoms with E-state index in [1.54, 1.807) is 0 Å². The molecule has 1 unspecified atom stereocenters. The minimum Gasteiger partial charge on any atom is -0.416 e. The van der Waals surface area contributed by atoms with Crippen LogP contribution >= 0.6 is 11.8 Å². The van der Waals surface area contributed by atoms with Gasteiger partial charge in [0.15, 0.2) is 14.1 Å². The highest BCUT2D eigenvalue weighted by molar-refractivity contribution is 8.00. The van der Waals surface area contributed by atoms with Crippen LogP contribution in [-0.2, 0) is 13.9 Å². The summed E-state index contributed by atoms with van der Waals surface area (Å²) >= 11 is 1.93. The fraction of sp³-hybridized carbons (Fsp3) is 1.00. The minimum atomic E-state index is -1.66. The second-order valence-corrected chi connectivity index (χ2v) is 13.7. The van der Waals surface area contributed by atoms with Gasteiger partial charge in [-0.05, 0) is 32.0 Å². The zero-order valence-corrected chi connectivity index (χ0v) is 15.1. The summed E-state index contributed by atoms with van der Waals surface area (Å²) in [7, 11) is -1.66. The van der Waals surface area contributed by atoms with Crippen LogP contribution in [0.2, 0.25) is 18.1 Å². The quantitative estimate of drug-likeness (QED) is 0.744. The molecule has 0 aromatic carbocycles. The van der Waals surface area contributed by atoms with Gasteiger partial charge in [-0.25, -0.2) is 0 Å². The maximum absolute atomic E-state index is 6.34. The van der Waals surface area contributed by atoms with Gasteiger partial charge in [0.25, 0.3) is 0 Å². The van der Waals surface area contributed by atoms with Crippen LogP contribution in [0, 0.1) is 0 Å². The van der Waals surface area contributed by atoms with E-state index in [2.05, 4.69) is 33.9 Å². The van der Waals surface area contributed by atoms with Gasteiger partial charge in [-0.1, -0.05) is 20.8 Å². The number of thioether (sulfide) groups is 1. The van der Waals surface area contributed by atoms with Crippen molar-refractivity contribution in [3.8, 4) is 0 Å². The Hall–Kier alpha value is 0.447. The Morgan fingerprint density at radius 3 is 2.47 bits per heavy atom. The van der Waals surface area contributed by atoms with E-state index in [0.717, 1.165) is 12.4 Å². The summed E-state index contributed by atoms with van der Waals surface area (Å²) in [6, 6.07) is 0. The molecule has 2 saturated heterocycles. The fourth-order valence-electron chi connectivity index (χ4n) is 2.27. The molecule has 3 atom stereocenters. The Kier molecular flexibility index (Phi) is 4.18. The van der Waals surface area contributed by atoms with Crippen molar-refractivity contribution in [2.45, 2.75) is 76.0 Å². The lowest BCUT2D eigenvalue weighted by molar-refractivity contribution is -0.146. The Balaban J connectivity index is 1.91. The van der Waals surface area contributed by atoms with Crippen LogP contribution in [0.5, 0.6) is 0 Å². The molecule has 2 aliphatic heterocycles. The van der Waals surface area contributed by atoms with Crippen LogP contribution in [0.4, 0.5) is 0 Å². The van der Waals surface area contributed by atoms with Crippen molar-refractivity contribution in [1.82, 2.24) is 0 Å². The van der Waals surface area contributed by atoms with E-state index in [1.807, 2.05) is 25.6 Å². The molecule has 0 N–H and O–H groups in total. The van der Waals surface area contributed by atoms with Crippen LogP contribution in [0.3, 0.4) is 0 Å². The second-order valence-electron chi connectivity index (χ2n) is 7.58. The predicted molar refractivity (Wildman–Crippen MR) is 83.2 cm³/mol. The molecule has 19 heavy (non-hydrogen) atoms. The summed E-state index contributed by atoms with van der Waals surface area (Å²) in [5.74, 6) is 0.602. The average molecular weight is 305 g/mol. The van der Waals surface area contributed by atoms with Gasteiger partial charge < -0.3 is 13.9 Å². The van der Waals surface area contributed by atoms with E-state index in [1.165, 1.54) is 0 Å². The summed E-state index contributed by atoms with van der Waals surface area (Å²) in [5.41, 5.74) is 0. The van der Waals surface area contributed by atoms with E-state index in [0.29, 0.717) is 5.25 Å². The second kappa shape index (κ2) is 5.02. The van der Waals surface area contributed by atoms with Gasteiger partial charge in [-0.15, -0.1) is 0 Å². The third kappa shape index (κ3) is 3.38. The molecule has 0 radical (unpaired) electrons. The first-order valence-electron chi connectivity index (χ1n) is 7.13. The van der Waals surface area contributed by atoms with Gasteiger partial charge in [-0.2, -0.15) is 11.8 Å². The van der Waals surface area contributed by atoms with Gasteiger partial charge in [0, 0.05) is 12.4 Å². The van der Waals surface area contributed by atoms with Crippen LogP contribution in [0.25, 0.3) is 0 Å². The summed E-state index contributed by atoms with van der Waals surface area (Å²) in [4.78, 5) is 0. The molecule has 2 fully saturated rings. The van der Waals surface area contributed by atoms with E-state index < -0.39 is 14.1 Å². The topological polar surface area (TPSA) is 27.7 Å². The first-order chi connectivity index (χ1) is 8.52. The predicted octanol–water partition coefficient (Wildman–Crippen LogP) is 3.64. The summed E-state index contributed by atoms with van der Waals surface area (Å²) in [5, 5.41) is 0.683.